The predicted octanol–water partition coefficient (Wildman–Crippen LogP) is 2.75. The molecule has 0 aliphatic heterocycles. The molecule has 0 saturated heterocycles. The van der Waals surface area contributed by atoms with Gasteiger partial charge in [-0.25, -0.2) is 0 Å². The number of hydrogen-bond donors (Lipinski definition) is 2. The van der Waals surface area contributed by atoms with Crippen molar-refractivity contribution in [3.63, 3.8) is 0 Å². The monoisotopic (exact) mass is 364 g/mol. The van der Waals surface area contributed by atoms with Gasteiger partial charge in [0.05, 0.1) is 13.7 Å². The van der Waals surface area contributed by atoms with Crippen molar-refractivity contribution in [3.05, 3.63) is 24.3 Å². The molecule has 0 spiro atoms. The molecule has 0 aliphatic carbocycles. The average Bonchev–Trinajstić information content (AvgIpc) is 2.68. The quantitative estimate of drug-likeness (QED) is 0.320. The molecule has 0 unspecified atom stereocenters. The molecule has 1 aromatic carbocycles. The Labute approximate surface area is 159 Å². The number of ether oxygens (including phenoxy) is 2. The fourth-order valence-electron chi connectivity index (χ4n) is 2.53. The van der Waals surface area contributed by atoms with Gasteiger partial charge in [0.2, 0.25) is 0 Å². The molecular weight excluding hydrogens is 328 g/mol. The van der Waals surface area contributed by atoms with E-state index < -0.39 is 0 Å². The summed E-state index contributed by atoms with van der Waals surface area (Å²) in [6.07, 6.45) is 2.29. The first-order chi connectivity index (χ1) is 12.7. The number of benzene rings is 1. The van der Waals surface area contributed by atoms with Crippen molar-refractivity contribution in [1.29, 1.82) is 0 Å². The molecular formula is C20H36N4O2. The van der Waals surface area contributed by atoms with Crippen molar-refractivity contribution in [2.45, 2.75) is 33.6 Å². The van der Waals surface area contributed by atoms with Crippen LogP contribution in [0.5, 0.6) is 11.5 Å². The van der Waals surface area contributed by atoms with Crippen molar-refractivity contribution in [1.82, 2.24) is 15.5 Å². The molecule has 148 valence electrons. The van der Waals surface area contributed by atoms with Gasteiger partial charge in [0.25, 0.3) is 0 Å². The van der Waals surface area contributed by atoms with Crippen molar-refractivity contribution in [2.24, 2.45) is 4.99 Å². The molecule has 0 heterocycles. The van der Waals surface area contributed by atoms with Crippen LogP contribution in [0.2, 0.25) is 0 Å². The van der Waals surface area contributed by atoms with Gasteiger partial charge >= 0.3 is 0 Å². The van der Waals surface area contributed by atoms with E-state index in [1.807, 2.05) is 24.3 Å². The van der Waals surface area contributed by atoms with Gasteiger partial charge < -0.3 is 25.0 Å². The molecule has 0 radical (unpaired) electrons. The van der Waals surface area contributed by atoms with E-state index in [1.54, 1.807) is 7.11 Å². The molecule has 1 aromatic rings. The molecule has 26 heavy (non-hydrogen) atoms. The lowest BCUT2D eigenvalue weighted by molar-refractivity contribution is 0.297. The van der Waals surface area contributed by atoms with E-state index in [0.29, 0.717) is 13.2 Å². The Bertz CT molecular complexity index is 487. The van der Waals surface area contributed by atoms with Crippen molar-refractivity contribution in [3.8, 4) is 11.5 Å². The Balaban J connectivity index is 2.24. The molecule has 0 aliphatic rings. The second kappa shape index (κ2) is 14.2. The van der Waals surface area contributed by atoms with Crippen LogP contribution in [-0.4, -0.2) is 63.8 Å². The first-order valence-corrected chi connectivity index (χ1v) is 9.74. The molecule has 1 rings (SSSR count). The van der Waals surface area contributed by atoms with Crippen LogP contribution in [0.25, 0.3) is 0 Å². The van der Waals surface area contributed by atoms with E-state index in [0.717, 1.165) is 56.6 Å². The van der Waals surface area contributed by atoms with Crippen LogP contribution in [0.4, 0.5) is 0 Å². The predicted molar refractivity (Wildman–Crippen MR) is 109 cm³/mol. The minimum absolute atomic E-state index is 0.582. The SMILES string of the molecule is CCNC(=NCCCCN(CC)CC)NCCOc1ccc(OC)cc1. The van der Waals surface area contributed by atoms with Gasteiger partial charge in [0.15, 0.2) is 5.96 Å². The maximum atomic E-state index is 5.72. The molecule has 0 saturated carbocycles. The summed E-state index contributed by atoms with van der Waals surface area (Å²) in [5.41, 5.74) is 0. The van der Waals surface area contributed by atoms with Crippen molar-refractivity contribution < 1.29 is 9.47 Å². The summed E-state index contributed by atoms with van der Waals surface area (Å²) in [5.74, 6) is 2.53. The highest BCUT2D eigenvalue weighted by Gasteiger charge is 2.00. The number of unbranched alkanes of at least 4 members (excludes halogenated alkanes) is 1. The van der Waals surface area contributed by atoms with Crippen LogP contribution in [0.3, 0.4) is 0 Å². The first kappa shape index (κ1) is 22.1. The third kappa shape index (κ3) is 9.51. The number of rotatable bonds is 13. The van der Waals surface area contributed by atoms with E-state index in [-0.39, 0.29) is 0 Å². The summed E-state index contributed by atoms with van der Waals surface area (Å²) in [7, 11) is 1.66. The van der Waals surface area contributed by atoms with E-state index in [4.69, 9.17) is 9.47 Å². The van der Waals surface area contributed by atoms with Gasteiger partial charge in [-0.15, -0.1) is 0 Å². The minimum Gasteiger partial charge on any atom is -0.497 e. The summed E-state index contributed by atoms with van der Waals surface area (Å²) >= 11 is 0. The molecule has 6 nitrogen and oxygen atoms in total. The van der Waals surface area contributed by atoms with Crippen LogP contribution < -0.4 is 20.1 Å². The Kier molecular flexibility index (Phi) is 12.1. The largest absolute Gasteiger partial charge is 0.497 e. The summed E-state index contributed by atoms with van der Waals surface area (Å²) in [6.45, 7) is 12.9. The second-order valence-electron chi connectivity index (χ2n) is 5.95. The maximum absolute atomic E-state index is 5.72. The van der Waals surface area contributed by atoms with Gasteiger partial charge in [-0.1, -0.05) is 13.8 Å². The lowest BCUT2D eigenvalue weighted by Crippen LogP contribution is -2.39. The van der Waals surface area contributed by atoms with Gasteiger partial charge in [-0.2, -0.15) is 0 Å². The van der Waals surface area contributed by atoms with Crippen LogP contribution >= 0.6 is 0 Å². The number of aliphatic imine (C=N–C) groups is 1. The number of methoxy groups -OCH3 is 1. The third-order valence-corrected chi connectivity index (χ3v) is 4.11. The van der Waals surface area contributed by atoms with Crippen LogP contribution in [0, 0.1) is 0 Å². The number of nitrogens with one attached hydrogen (secondary N) is 2. The zero-order valence-corrected chi connectivity index (χ0v) is 16.9. The van der Waals surface area contributed by atoms with E-state index >= 15 is 0 Å². The lowest BCUT2D eigenvalue weighted by atomic mass is 10.3. The summed E-state index contributed by atoms with van der Waals surface area (Å²) in [6, 6.07) is 7.61. The Morgan fingerprint density at radius 2 is 1.69 bits per heavy atom. The van der Waals surface area contributed by atoms with Gasteiger partial charge in [-0.3, -0.25) is 4.99 Å². The number of hydrogen-bond acceptors (Lipinski definition) is 4. The van der Waals surface area contributed by atoms with Gasteiger partial charge in [0.1, 0.15) is 18.1 Å². The zero-order valence-electron chi connectivity index (χ0n) is 16.9. The van der Waals surface area contributed by atoms with Crippen molar-refractivity contribution >= 4 is 5.96 Å². The highest BCUT2D eigenvalue weighted by Crippen LogP contribution is 2.16. The fraction of sp³-hybridized carbons (Fsp3) is 0.650. The lowest BCUT2D eigenvalue weighted by Gasteiger charge is -2.17. The Hall–Kier alpha value is -1.95. The molecule has 2 N–H and O–H groups in total. The Morgan fingerprint density at radius 3 is 2.31 bits per heavy atom. The van der Waals surface area contributed by atoms with Gasteiger partial charge in [0, 0.05) is 13.1 Å². The molecule has 6 heteroatoms. The highest BCUT2D eigenvalue weighted by molar-refractivity contribution is 5.79. The molecule has 0 bridgehead atoms. The number of guanidine groups is 1. The standard InChI is InChI=1S/C20H36N4O2/c1-5-21-20(22-14-8-9-16-24(6-2)7-3)23-15-17-26-19-12-10-18(25-4)11-13-19/h10-13H,5-9,14-17H2,1-4H3,(H2,21,22,23). The molecule has 0 amide bonds. The van der Waals surface area contributed by atoms with E-state index in [2.05, 4.69) is 41.3 Å². The summed E-state index contributed by atoms with van der Waals surface area (Å²) < 4.78 is 10.9. The fourth-order valence-corrected chi connectivity index (χ4v) is 2.53. The Morgan fingerprint density at radius 1 is 1.00 bits per heavy atom. The summed E-state index contributed by atoms with van der Waals surface area (Å²) in [4.78, 5) is 7.08. The third-order valence-electron chi connectivity index (χ3n) is 4.11. The highest BCUT2D eigenvalue weighted by atomic mass is 16.5. The first-order valence-electron chi connectivity index (χ1n) is 9.74. The molecule has 0 aromatic heterocycles. The maximum Gasteiger partial charge on any atom is 0.191 e. The normalized spacial score (nSPS) is 11.5. The zero-order chi connectivity index (χ0) is 19.0. The second-order valence-corrected chi connectivity index (χ2v) is 5.95. The smallest absolute Gasteiger partial charge is 0.191 e. The van der Waals surface area contributed by atoms with Crippen LogP contribution in [0.15, 0.2) is 29.3 Å². The average molecular weight is 365 g/mol. The van der Waals surface area contributed by atoms with E-state index in [1.165, 1.54) is 6.42 Å². The number of nitrogens with zero attached hydrogens (tertiary/aromatic N) is 2. The van der Waals surface area contributed by atoms with Crippen LogP contribution in [0.1, 0.15) is 33.6 Å². The van der Waals surface area contributed by atoms with Crippen molar-refractivity contribution in [2.75, 3.05) is 53.0 Å². The topological polar surface area (TPSA) is 58.1 Å². The minimum atomic E-state index is 0.582. The summed E-state index contributed by atoms with van der Waals surface area (Å²) in [5, 5.41) is 6.59. The molecule has 0 fully saturated rings. The molecule has 0 atom stereocenters. The van der Waals surface area contributed by atoms with Crippen LogP contribution in [-0.2, 0) is 0 Å². The van der Waals surface area contributed by atoms with Gasteiger partial charge in [-0.05, 0) is 63.7 Å². The van der Waals surface area contributed by atoms with E-state index in [9.17, 15) is 0 Å².